The number of hydrogen-bond acceptors (Lipinski definition) is 1. The number of halogens is 2. The van der Waals surface area contributed by atoms with Crippen LogP contribution in [0.15, 0.2) is 115 Å². The second-order valence-electron chi connectivity index (χ2n) is 6.62. The molecule has 0 atom stereocenters. The average Bonchev–Trinajstić information content (AvgIpc) is 2.76. The van der Waals surface area contributed by atoms with Gasteiger partial charge < -0.3 is 4.43 Å². The highest BCUT2D eigenvalue weighted by Gasteiger charge is 2.36. The Bertz CT molecular complexity index is 1000. The van der Waals surface area contributed by atoms with Crippen molar-refractivity contribution in [2.24, 2.45) is 0 Å². The van der Waals surface area contributed by atoms with Crippen molar-refractivity contribution in [3.8, 4) is 5.75 Å². The maximum Gasteiger partial charge on any atom is 0.484 e. The van der Waals surface area contributed by atoms with Crippen molar-refractivity contribution in [1.29, 1.82) is 0 Å². The molecule has 0 aliphatic rings. The maximum absolute atomic E-state index is 6.65. The molecular weight excluding hydrogens is 431 g/mol. The topological polar surface area (TPSA) is 9.23 Å². The summed E-state index contributed by atoms with van der Waals surface area (Å²) in [4.78, 5) is 0. The van der Waals surface area contributed by atoms with Crippen LogP contribution in [0.4, 0.5) is 0 Å². The Hall–Kier alpha value is -2.31. The third-order valence-electron chi connectivity index (χ3n) is 4.62. The van der Waals surface area contributed by atoms with Crippen LogP contribution in [0, 0.1) is 0 Å². The third-order valence-corrected chi connectivity index (χ3v) is 10.6. The highest BCUT2D eigenvalue weighted by molar-refractivity contribution is 7.48. The van der Waals surface area contributed by atoms with E-state index < -0.39 is 15.7 Å². The smallest absolute Gasteiger partial charge is 0.484 e. The van der Waals surface area contributed by atoms with Gasteiger partial charge in [-0.25, -0.2) is 0 Å². The fourth-order valence-corrected chi connectivity index (χ4v) is 8.18. The molecule has 0 spiro atoms. The van der Waals surface area contributed by atoms with Gasteiger partial charge in [-0.3, -0.25) is 0 Å². The fraction of sp³-hybridized carbons (Fsp3) is 0. The van der Waals surface area contributed by atoms with Crippen LogP contribution < -0.4 is 25.2 Å². The lowest BCUT2D eigenvalue weighted by Crippen LogP contribution is -2.52. The van der Waals surface area contributed by atoms with Gasteiger partial charge in [-0.05, 0) is 12.1 Å². The average molecular weight is 450 g/mol. The molecule has 4 rings (SSSR count). The molecule has 0 aromatic heterocycles. The monoisotopic (exact) mass is 449 g/mol. The molecule has 0 heterocycles. The second kappa shape index (κ2) is 9.01. The van der Waals surface area contributed by atoms with Gasteiger partial charge in [0.15, 0.2) is 8.80 Å². The summed E-state index contributed by atoms with van der Waals surface area (Å²) in [6, 6.07) is 39.1. The summed E-state index contributed by atoms with van der Waals surface area (Å²) in [6.45, 7) is -3.08. The summed E-state index contributed by atoms with van der Waals surface area (Å²) in [5.74, 6) is 0.687. The van der Waals surface area contributed by atoms with E-state index in [1.165, 1.54) is 15.6 Å². The van der Waals surface area contributed by atoms with Crippen molar-refractivity contribution in [2.45, 2.75) is 0 Å². The van der Waals surface area contributed by atoms with E-state index >= 15 is 0 Å². The molecule has 143 valence electrons. The summed E-state index contributed by atoms with van der Waals surface area (Å²) in [7, 11) is -1.11. The molecule has 1 radical (unpaired) electrons. The zero-order valence-electron chi connectivity index (χ0n) is 15.6. The van der Waals surface area contributed by atoms with Crippen LogP contribution in [-0.4, -0.2) is 15.7 Å². The largest absolute Gasteiger partial charge is 0.515 e. The number of hydrogen-bond donors (Lipinski definition) is 0. The van der Waals surface area contributed by atoms with Gasteiger partial charge in [0.2, 0.25) is 0 Å². The lowest BCUT2D eigenvalue weighted by molar-refractivity contribution is 0.590. The molecule has 0 aliphatic heterocycles. The normalized spacial score (nSPS) is 11.4. The van der Waals surface area contributed by atoms with Gasteiger partial charge in [0.25, 0.3) is 0 Å². The Labute approximate surface area is 183 Å². The van der Waals surface area contributed by atoms with E-state index in [1.54, 1.807) is 0 Å². The van der Waals surface area contributed by atoms with Crippen molar-refractivity contribution in [3.05, 3.63) is 115 Å². The van der Waals surface area contributed by atoms with Gasteiger partial charge in [0.05, 0.1) is 0 Å². The van der Waals surface area contributed by atoms with Crippen molar-refractivity contribution < 1.29 is 4.43 Å². The Morgan fingerprint density at radius 3 is 1.41 bits per heavy atom. The number of para-hydroxylation sites is 1. The van der Waals surface area contributed by atoms with E-state index in [9.17, 15) is 0 Å². The molecule has 0 saturated heterocycles. The summed E-state index contributed by atoms with van der Waals surface area (Å²) >= 11 is 13.3. The van der Waals surface area contributed by atoms with Crippen LogP contribution in [0.25, 0.3) is 0 Å². The zero-order valence-corrected chi connectivity index (χ0v) is 19.1. The molecule has 1 nitrogen and oxygen atoms in total. The van der Waals surface area contributed by atoms with Crippen molar-refractivity contribution in [3.63, 3.8) is 0 Å². The van der Waals surface area contributed by atoms with Gasteiger partial charge in [-0.1, -0.05) is 141 Å². The van der Waals surface area contributed by atoms with Gasteiger partial charge in [-0.15, -0.1) is 0 Å². The van der Waals surface area contributed by atoms with Crippen LogP contribution in [0.3, 0.4) is 0 Å². The summed E-state index contributed by atoms with van der Waals surface area (Å²) < 4.78 is 5.94. The lowest BCUT2D eigenvalue weighted by atomic mass is 10.3. The van der Waals surface area contributed by atoms with E-state index in [0.29, 0.717) is 5.75 Å². The Balaban J connectivity index is 1.66. The predicted octanol–water partition coefficient (Wildman–Crippen LogP) is 3.91. The van der Waals surface area contributed by atoms with Crippen molar-refractivity contribution >= 4 is 58.6 Å². The van der Waals surface area contributed by atoms with Crippen LogP contribution in [-0.2, 0) is 0 Å². The van der Waals surface area contributed by atoms with E-state index in [4.69, 9.17) is 26.6 Å². The molecule has 29 heavy (non-hydrogen) atoms. The molecule has 0 amide bonds. The molecule has 0 aliphatic carbocycles. The predicted molar refractivity (Wildman–Crippen MR) is 128 cm³/mol. The molecule has 0 fully saturated rings. The van der Waals surface area contributed by atoms with Gasteiger partial charge in [0.1, 0.15) is 5.75 Å². The minimum absolute atomic E-state index is 0.687. The van der Waals surface area contributed by atoms with E-state index in [1.807, 2.05) is 42.5 Å². The Kier molecular flexibility index (Phi) is 6.21. The highest BCUT2D eigenvalue weighted by Crippen LogP contribution is 2.21. The SMILES string of the molecule is Cl[Si](Cl)(Oc1ccccc1)c1ccc([Si](c2ccccc2)c2ccccc2)cc1. The van der Waals surface area contributed by atoms with Crippen LogP contribution in [0.5, 0.6) is 5.75 Å². The van der Waals surface area contributed by atoms with Gasteiger partial charge >= 0.3 is 6.94 Å². The quantitative estimate of drug-likeness (QED) is 0.246. The molecule has 0 unspecified atom stereocenters. The first-order chi connectivity index (χ1) is 14.1. The Morgan fingerprint density at radius 2 is 0.931 bits per heavy atom. The standard InChI is InChI=1S/C24H19Cl2OSi2/c25-29(26,27-20-10-4-1-5-11-20)24-18-16-23(17-19-24)28(21-12-6-2-7-13-21)22-14-8-3-9-15-22/h1-19H. The summed E-state index contributed by atoms with van der Waals surface area (Å²) in [5, 5.41) is 4.82. The first-order valence-electron chi connectivity index (χ1n) is 9.34. The van der Waals surface area contributed by atoms with E-state index in [0.717, 1.165) is 5.19 Å². The highest BCUT2D eigenvalue weighted by atomic mass is 35.7. The van der Waals surface area contributed by atoms with Gasteiger partial charge in [-0.2, -0.15) is 0 Å². The number of rotatable bonds is 6. The molecule has 4 aromatic rings. The first kappa shape index (κ1) is 20.0. The van der Waals surface area contributed by atoms with Crippen molar-refractivity contribution in [1.82, 2.24) is 0 Å². The minimum Gasteiger partial charge on any atom is -0.515 e. The fourth-order valence-electron chi connectivity index (χ4n) is 3.24. The first-order valence-corrected chi connectivity index (χ1v) is 14.8. The molecule has 0 saturated carbocycles. The van der Waals surface area contributed by atoms with Crippen molar-refractivity contribution in [2.75, 3.05) is 0 Å². The molecule has 4 aromatic carbocycles. The van der Waals surface area contributed by atoms with Crippen LogP contribution >= 0.6 is 22.2 Å². The maximum atomic E-state index is 6.65. The third kappa shape index (κ3) is 4.82. The van der Waals surface area contributed by atoms with E-state index in [-0.39, 0.29) is 0 Å². The summed E-state index contributed by atoms with van der Waals surface area (Å²) in [5.41, 5.74) is 0. The molecular formula is C24H19Cl2OSi2. The number of benzene rings is 4. The van der Waals surface area contributed by atoms with E-state index in [2.05, 4.69) is 72.8 Å². The van der Waals surface area contributed by atoms with Crippen LogP contribution in [0.1, 0.15) is 0 Å². The Morgan fingerprint density at radius 1 is 0.517 bits per heavy atom. The lowest BCUT2D eigenvalue weighted by Gasteiger charge is -2.21. The van der Waals surface area contributed by atoms with Crippen LogP contribution in [0.2, 0.25) is 0 Å². The molecule has 5 heteroatoms. The summed E-state index contributed by atoms with van der Waals surface area (Å²) in [6.07, 6.45) is 0. The molecule has 0 N–H and O–H groups in total. The zero-order chi connectivity index (χ0) is 20.1. The minimum atomic E-state index is -3.08. The van der Waals surface area contributed by atoms with Gasteiger partial charge in [0, 0.05) is 5.19 Å². The molecule has 0 bridgehead atoms. The second-order valence-corrected chi connectivity index (χ2v) is 14.7.